The molecule has 2 aromatic carbocycles. The summed E-state index contributed by atoms with van der Waals surface area (Å²) in [6.45, 7) is 0. The number of carbonyl (C=O) groups is 1. The molecule has 2 aromatic rings. The predicted molar refractivity (Wildman–Crippen MR) is 71.9 cm³/mol. The summed E-state index contributed by atoms with van der Waals surface area (Å²) in [6, 6.07) is 11.8. The summed E-state index contributed by atoms with van der Waals surface area (Å²) in [5.74, 6) is -1.56. The number of anilines is 1. The molecule has 2 rings (SSSR count). The fourth-order valence-corrected chi connectivity index (χ4v) is 1.87. The molecule has 0 radical (unpaired) electrons. The molecule has 0 aliphatic rings. The van der Waals surface area contributed by atoms with Gasteiger partial charge in [-0.2, -0.15) is 0 Å². The molecule has 0 aliphatic heterocycles. The van der Waals surface area contributed by atoms with Gasteiger partial charge >= 0.3 is 5.97 Å². The third kappa shape index (κ3) is 3.23. The highest BCUT2D eigenvalue weighted by atomic mass is 35.5. The largest absolute Gasteiger partial charge is 0.479 e. The number of carboxylic acid groups (broad SMARTS) is 1. The van der Waals surface area contributed by atoms with Crippen molar-refractivity contribution in [3.63, 3.8) is 0 Å². The van der Waals surface area contributed by atoms with Gasteiger partial charge in [-0.25, -0.2) is 9.18 Å². The standard InChI is InChI=1S/C14H11ClFNO2/c15-11-8-10(6-7-12(11)16)17-13(14(18)19)9-4-2-1-3-5-9/h1-8,13,17H,(H,18,19). The van der Waals surface area contributed by atoms with E-state index >= 15 is 0 Å². The summed E-state index contributed by atoms with van der Waals surface area (Å²) in [7, 11) is 0. The van der Waals surface area contributed by atoms with Gasteiger partial charge in [-0.05, 0) is 23.8 Å². The molecular formula is C14H11ClFNO2. The van der Waals surface area contributed by atoms with Gasteiger partial charge in [0.25, 0.3) is 0 Å². The summed E-state index contributed by atoms with van der Waals surface area (Å²) in [6.07, 6.45) is 0. The molecule has 0 aromatic heterocycles. The van der Waals surface area contributed by atoms with Crippen LogP contribution in [-0.2, 0) is 4.79 Å². The van der Waals surface area contributed by atoms with Crippen molar-refractivity contribution in [3.8, 4) is 0 Å². The van der Waals surface area contributed by atoms with Crippen LogP contribution < -0.4 is 5.32 Å². The van der Waals surface area contributed by atoms with Crippen molar-refractivity contribution in [2.24, 2.45) is 0 Å². The van der Waals surface area contributed by atoms with Crippen molar-refractivity contribution in [1.82, 2.24) is 0 Å². The molecule has 5 heteroatoms. The van der Waals surface area contributed by atoms with E-state index in [9.17, 15) is 14.3 Å². The van der Waals surface area contributed by atoms with Gasteiger partial charge in [-0.3, -0.25) is 0 Å². The molecule has 0 saturated heterocycles. The van der Waals surface area contributed by atoms with E-state index in [4.69, 9.17) is 11.6 Å². The molecule has 0 amide bonds. The first-order valence-electron chi connectivity index (χ1n) is 5.57. The van der Waals surface area contributed by atoms with Crippen molar-refractivity contribution in [2.45, 2.75) is 6.04 Å². The molecule has 0 saturated carbocycles. The van der Waals surface area contributed by atoms with Crippen LogP contribution in [-0.4, -0.2) is 11.1 Å². The fourth-order valence-electron chi connectivity index (χ4n) is 1.69. The number of hydrogen-bond donors (Lipinski definition) is 2. The van der Waals surface area contributed by atoms with Crippen LogP contribution in [0, 0.1) is 5.82 Å². The first kappa shape index (κ1) is 13.4. The van der Waals surface area contributed by atoms with Gasteiger partial charge in [0.1, 0.15) is 5.82 Å². The molecular weight excluding hydrogens is 269 g/mol. The average molecular weight is 280 g/mol. The smallest absolute Gasteiger partial charge is 0.330 e. The lowest BCUT2D eigenvalue weighted by Crippen LogP contribution is -2.20. The molecule has 0 fully saturated rings. The highest BCUT2D eigenvalue weighted by Crippen LogP contribution is 2.24. The Labute approximate surface area is 114 Å². The number of nitrogens with one attached hydrogen (secondary N) is 1. The van der Waals surface area contributed by atoms with Crippen molar-refractivity contribution in [1.29, 1.82) is 0 Å². The van der Waals surface area contributed by atoms with Crippen LogP contribution >= 0.6 is 11.6 Å². The summed E-state index contributed by atoms with van der Waals surface area (Å²) in [5, 5.41) is 12.0. The van der Waals surface area contributed by atoms with Crippen LogP contribution in [0.1, 0.15) is 11.6 Å². The van der Waals surface area contributed by atoms with Crippen LogP contribution in [0.15, 0.2) is 48.5 Å². The van der Waals surface area contributed by atoms with Gasteiger partial charge in [0.15, 0.2) is 6.04 Å². The average Bonchev–Trinajstić information content (AvgIpc) is 2.40. The lowest BCUT2D eigenvalue weighted by molar-refractivity contribution is -0.138. The maximum atomic E-state index is 13.0. The number of hydrogen-bond acceptors (Lipinski definition) is 2. The first-order chi connectivity index (χ1) is 9.08. The van der Waals surface area contributed by atoms with Gasteiger partial charge in [0, 0.05) is 5.69 Å². The second-order valence-corrected chi connectivity index (χ2v) is 4.36. The van der Waals surface area contributed by atoms with E-state index in [1.165, 1.54) is 18.2 Å². The maximum absolute atomic E-state index is 13.0. The Morgan fingerprint density at radius 3 is 2.47 bits per heavy atom. The number of halogens is 2. The Hall–Kier alpha value is -2.07. The van der Waals surface area contributed by atoms with Crippen LogP contribution in [0.25, 0.3) is 0 Å². The minimum Gasteiger partial charge on any atom is -0.479 e. The second kappa shape index (κ2) is 5.71. The zero-order valence-electron chi connectivity index (χ0n) is 9.81. The molecule has 2 N–H and O–H groups in total. The van der Waals surface area contributed by atoms with E-state index in [0.29, 0.717) is 11.3 Å². The van der Waals surface area contributed by atoms with Crippen LogP contribution in [0.5, 0.6) is 0 Å². The zero-order chi connectivity index (χ0) is 13.8. The number of benzene rings is 2. The van der Waals surface area contributed by atoms with E-state index in [1.54, 1.807) is 30.3 Å². The summed E-state index contributed by atoms with van der Waals surface area (Å²) in [5.41, 5.74) is 1.05. The summed E-state index contributed by atoms with van der Waals surface area (Å²) in [4.78, 5) is 11.3. The lowest BCUT2D eigenvalue weighted by atomic mass is 10.1. The lowest BCUT2D eigenvalue weighted by Gasteiger charge is -2.16. The molecule has 3 nitrogen and oxygen atoms in total. The highest BCUT2D eigenvalue weighted by molar-refractivity contribution is 6.31. The molecule has 1 atom stereocenters. The molecule has 1 unspecified atom stereocenters. The van der Waals surface area contributed by atoms with E-state index in [2.05, 4.69) is 5.32 Å². The Kier molecular flexibility index (Phi) is 4.02. The third-order valence-electron chi connectivity index (χ3n) is 2.61. The number of aliphatic carboxylic acids is 1. The van der Waals surface area contributed by atoms with Gasteiger partial charge in [0.05, 0.1) is 5.02 Å². The minimum absolute atomic E-state index is 0.0535. The molecule has 98 valence electrons. The normalized spacial score (nSPS) is 11.9. The van der Waals surface area contributed by atoms with Gasteiger partial charge in [-0.15, -0.1) is 0 Å². The van der Waals surface area contributed by atoms with Crippen molar-refractivity contribution in [3.05, 3.63) is 64.9 Å². The SMILES string of the molecule is O=C(O)C(Nc1ccc(F)c(Cl)c1)c1ccccc1. The van der Waals surface area contributed by atoms with Gasteiger partial charge in [-0.1, -0.05) is 41.9 Å². The number of carboxylic acids is 1. The minimum atomic E-state index is -1.02. The molecule has 19 heavy (non-hydrogen) atoms. The second-order valence-electron chi connectivity index (χ2n) is 3.96. The Morgan fingerprint density at radius 2 is 1.89 bits per heavy atom. The van der Waals surface area contributed by atoms with Crippen molar-refractivity contribution >= 4 is 23.3 Å². The highest BCUT2D eigenvalue weighted by Gasteiger charge is 2.19. The van der Waals surface area contributed by atoms with Gasteiger partial charge in [0.2, 0.25) is 0 Å². The zero-order valence-corrected chi connectivity index (χ0v) is 10.6. The molecule has 0 spiro atoms. The van der Waals surface area contributed by atoms with E-state index in [0.717, 1.165) is 0 Å². The molecule has 0 bridgehead atoms. The quantitative estimate of drug-likeness (QED) is 0.897. The van der Waals surface area contributed by atoms with E-state index in [-0.39, 0.29) is 5.02 Å². The van der Waals surface area contributed by atoms with Crippen LogP contribution in [0.2, 0.25) is 5.02 Å². The summed E-state index contributed by atoms with van der Waals surface area (Å²) >= 11 is 5.66. The topological polar surface area (TPSA) is 49.3 Å². The van der Waals surface area contributed by atoms with Crippen molar-refractivity contribution in [2.75, 3.05) is 5.32 Å². The van der Waals surface area contributed by atoms with Crippen LogP contribution in [0.4, 0.5) is 10.1 Å². The van der Waals surface area contributed by atoms with E-state index in [1.807, 2.05) is 0 Å². The molecule has 0 aliphatic carbocycles. The molecule has 0 heterocycles. The predicted octanol–water partition coefficient (Wildman–Crippen LogP) is 3.72. The first-order valence-corrected chi connectivity index (χ1v) is 5.95. The van der Waals surface area contributed by atoms with Crippen molar-refractivity contribution < 1.29 is 14.3 Å². The Bertz CT molecular complexity index is 589. The maximum Gasteiger partial charge on any atom is 0.330 e. The van der Waals surface area contributed by atoms with Gasteiger partial charge < -0.3 is 10.4 Å². The number of rotatable bonds is 4. The Morgan fingerprint density at radius 1 is 1.21 bits per heavy atom. The Balaban J connectivity index is 2.27. The van der Waals surface area contributed by atoms with Crippen LogP contribution in [0.3, 0.4) is 0 Å². The van der Waals surface area contributed by atoms with E-state index < -0.39 is 17.8 Å². The monoisotopic (exact) mass is 279 g/mol. The summed E-state index contributed by atoms with van der Waals surface area (Å²) < 4.78 is 13.0. The third-order valence-corrected chi connectivity index (χ3v) is 2.90. The fraction of sp³-hybridized carbons (Fsp3) is 0.0714.